The number of aryl methyl sites for hydroxylation is 1. The van der Waals surface area contributed by atoms with Crippen LogP contribution < -0.4 is 20.7 Å². The van der Waals surface area contributed by atoms with Gasteiger partial charge >= 0.3 is 6.03 Å². The molecule has 7 heteroatoms. The van der Waals surface area contributed by atoms with Crippen LogP contribution in [-0.2, 0) is 11.2 Å². The minimum Gasteiger partial charge on any atom is -0.487 e. The fourth-order valence-electron chi connectivity index (χ4n) is 3.73. The number of amides is 3. The van der Waals surface area contributed by atoms with Gasteiger partial charge in [0.1, 0.15) is 17.2 Å². The Morgan fingerprint density at radius 2 is 2.04 bits per heavy atom. The lowest BCUT2D eigenvalue weighted by atomic mass is 9.89. The van der Waals surface area contributed by atoms with Crippen LogP contribution in [0.15, 0.2) is 36.4 Å². The number of carbonyl (C=O) groups excluding carboxylic acids is 2. The summed E-state index contributed by atoms with van der Waals surface area (Å²) in [4.78, 5) is 24.1. The molecule has 0 radical (unpaired) electrons. The van der Waals surface area contributed by atoms with E-state index in [9.17, 15) is 14.0 Å². The summed E-state index contributed by atoms with van der Waals surface area (Å²) < 4.78 is 19.6. The Morgan fingerprint density at radius 3 is 2.86 bits per heavy atom. The number of fused-ring (bicyclic) bond motifs is 2. The quantitative estimate of drug-likeness (QED) is 0.729. The molecule has 2 aliphatic rings. The van der Waals surface area contributed by atoms with Crippen molar-refractivity contribution in [1.82, 2.24) is 5.32 Å². The summed E-state index contributed by atoms with van der Waals surface area (Å²) in [7, 11) is 0. The van der Waals surface area contributed by atoms with Crippen LogP contribution in [0.5, 0.6) is 5.75 Å². The van der Waals surface area contributed by atoms with Crippen LogP contribution in [0.2, 0.25) is 0 Å². The number of halogens is 1. The monoisotopic (exact) mass is 383 g/mol. The van der Waals surface area contributed by atoms with Crippen molar-refractivity contribution in [2.75, 3.05) is 10.6 Å². The van der Waals surface area contributed by atoms with Crippen molar-refractivity contribution in [2.24, 2.45) is 0 Å². The van der Waals surface area contributed by atoms with Gasteiger partial charge in [-0.2, -0.15) is 0 Å². The maximum absolute atomic E-state index is 13.7. The molecule has 0 fully saturated rings. The van der Waals surface area contributed by atoms with Crippen molar-refractivity contribution in [1.29, 1.82) is 0 Å². The third-order valence-electron chi connectivity index (χ3n) is 5.00. The molecular formula is C21H22FN3O3. The summed E-state index contributed by atoms with van der Waals surface area (Å²) in [6.07, 6.45) is 1.67. The molecule has 6 nitrogen and oxygen atoms in total. The maximum Gasteiger partial charge on any atom is 0.319 e. The molecule has 0 aliphatic carbocycles. The molecule has 0 saturated carbocycles. The van der Waals surface area contributed by atoms with Crippen LogP contribution in [0, 0.1) is 5.82 Å². The molecule has 3 N–H and O–H groups in total. The number of nitrogens with one attached hydrogen (secondary N) is 3. The van der Waals surface area contributed by atoms with Gasteiger partial charge in [-0.05, 0) is 56.2 Å². The van der Waals surface area contributed by atoms with Crippen molar-refractivity contribution in [3.8, 4) is 5.75 Å². The molecule has 3 amide bonds. The molecule has 2 heterocycles. The fourth-order valence-corrected chi connectivity index (χ4v) is 3.73. The summed E-state index contributed by atoms with van der Waals surface area (Å²) in [6, 6.07) is 8.98. The zero-order chi connectivity index (χ0) is 19.9. The molecule has 0 unspecified atom stereocenters. The van der Waals surface area contributed by atoms with Gasteiger partial charge in [0.05, 0.1) is 6.04 Å². The predicted molar refractivity (Wildman–Crippen MR) is 104 cm³/mol. The average molecular weight is 383 g/mol. The number of hydrogen-bond donors (Lipinski definition) is 3. The second kappa shape index (κ2) is 6.82. The van der Waals surface area contributed by atoms with Gasteiger partial charge in [0.25, 0.3) is 0 Å². The van der Waals surface area contributed by atoms with Crippen LogP contribution in [0.4, 0.5) is 20.6 Å². The van der Waals surface area contributed by atoms with Crippen LogP contribution in [0.3, 0.4) is 0 Å². The molecule has 2 aromatic carbocycles. The normalized spacial score (nSPS) is 19.5. The SMILES string of the molecule is CC1(C)C[C@H](NC(=O)Nc2ccc3c(c2)NC(=O)CC3)c2cc(F)ccc2O1. The molecule has 0 saturated heterocycles. The van der Waals surface area contributed by atoms with Crippen LogP contribution >= 0.6 is 0 Å². The number of benzene rings is 2. The highest BCUT2D eigenvalue weighted by Gasteiger charge is 2.34. The first-order chi connectivity index (χ1) is 13.3. The van der Waals surface area contributed by atoms with Gasteiger partial charge in [-0.25, -0.2) is 9.18 Å². The van der Waals surface area contributed by atoms with Crippen molar-refractivity contribution < 1.29 is 18.7 Å². The molecule has 1 atom stereocenters. The highest BCUT2D eigenvalue weighted by Crippen LogP contribution is 2.39. The minimum absolute atomic E-state index is 0.0304. The first-order valence-electron chi connectivity index (χ1n) is 9.28. The van der Waals surface area contributed by atoms with Gasteiger partial charge in [0.15, 0.2) is 0 Å². The van der Waals surface area contributed by atoms with Crippen molar-refractivity contribution in [3.63, 3.8) is 0 Å². The van der Waals surface area contributed by atoms with E-state index in [-0.39, 0.29) is 17.8 Å². The van der Waals surface area contributed by atoms with Crippen molar-refractivity contribution in [3.05, 3.63) is 53.3 Å². The average Bonchev–Trinajstić information content (AvgIpc) is 2.61. The third kappa shape index (κ3) is 3.78. The fraction of sp³-hybridized carbons (Fsp3) is 0.333. The number of urea groups is 1. The van der Waals surface area contributed by atoms with Crippen molar-refractivity contribution >= 4 is 23.3 Å². The van der Waals surface area contributed by atoms with E-state index in [2.05, 4.69) is 16.0 Å². The van der Waals surface area contributed by atoms with Gasteiger partial charge < -0.3 is 20.7 Å². The molecular weight excluding hydrogens is 361 g/mol. The minimum atomic E-state index is -0.487. The van der Waals surface area contributed by atoms with E-state index >= 15 is 0 Å². The molecule has 2 aliphatic heterocycles. The lowest BCUT2D eigenvalue weighted by Gasteiger charge is -2.37. The second-order valence-electron chi connectivity index (χ2n) is 7.82. The molecule has 0 aromatic heterocycles. The van der Waals surface area contributed by atoms with E-state index in [1.54, 1.807) is 18.2 Å². The van der Waals surface area contributed by atoms with Gasteiger partial charge in [-0.1, -0.05) is 6.07 Å². The number of rotatable bonds is 2. The van der Waals surface area contributed by atoms with Gasteiger partial charge in [-0.3, -0.25) is 4.79 Å². The Morgan fingerprint density at radius 1 is 1.21 bits per heavy atom. The van der Waals surface area contributed by atoms with E-state index in [0.29, 0.717) is 42.0 Å². The molecule has 4 rings (SSSR count). The summed E-state index contributed by atoms with van der Waals surface area (Å²) in [5.74, 6) is 0.163. The Balaban J connectivity index is 1.50. The molecule has 28 heavy (non-hydrogen) atoms. The van der Waals surface area contributed by atoms with Crippen molar-refractivity contribution in [2.45, 2.75) is 44.8 Å². The van der Waals surface area contributed by atoms with E-state index in [0.717, 1.165) is 5.56 Å². The van der Waals surface area contributed by atoms with Gasteiger partial charge in [-0.15, -0.1) is 0 Å². The lowest BCUT2D eigenvalue weighted by molar-refractivity contribution is -0.116. The number of carbonyl (C=O) groups is 2. The topological polar surface area (TPSA) is 79.5 Å². The standard InChI is InChI=1S/C21H22FN3O3/c1-21(2)11-17(15-9-13(22)5-7-18(15)28-21)25-20(27)23-14-6-3-12-4-8-19(26)24-16(12)10-14/h3,5-7,9-10,17H,4,8,11H2,1-2H3,(H,24,26)(H2,23,25,27)/t17-/m0/s1. The Labute approximate surface area is 162 Å². The highest BCUT2D eigenvalue weighted by molar-refractivity contribution is 5.96. The zero-order valence-electron chi connectivity index (χ0n) is 15.8. The Hall–Kier alpha value is -3.09. The Kier molecular flexibility index (Phi) is 4.45. The first kappa shape index (κ1) is 18.3. The number of ether oxygens (including phenoxy) is 1. The van der Waals surface area contributed by atoms with E-state index in [1.165, 1.54) is 12.1 Å². The lowest BCUT2D eigenvalue weighted by Crippen LogP contribution is -2.42. The van der Waals surface area contributed by atoms with E-state index < -0.39 is 11.6 Å². The molecule has 0 bridgehead atoms. The van der Waals surface area contributed by atoms with Gasteiger partial charge in [0.2, 0.25) is 5.91 Å². The number of hydrogen-bond acceptors (Lipinski definition) is 3. The first-order valence-corrected chi connectivity index (χ1v) is 9.28. The smallest absolute Gasteiger partial charge is 0.319 e. The molecule has 0 spiro atoms. The third-order valence-corrected chi connectivity index (χ3v) is 5.00. The van der Waals surface area contributed by atoms with Crippen LogP contribution in [-0.4, -0.2) is 17.5 Å². The summed E-state index contributed by atoms with van der Waals surface area (Å²) in [6.45, 7) is 3.86. The molecule has 146 valence electrons. The summed E-state index contributed by atoms with van der Waals surface area (Å²) in [5, 5.41) is 8.52. The number of anilines is 2. The maximum atomic E-state index is 13.7. The predicted octanol–water partition coefficient (Wildman–Crippen LogP) is 4.13. The van der Waals surface area contributed by atoms with Crippen LogP contribution in [0.25, 0.3) is 0 Å². The largest absolute Gasteiger partial charge is 0.487 e. The van der Waals surface area contributed by atoms with Gasteiger partial charge in [0, 0.05) is 29.8 Å². The molecule has 2 aromatic rings. The van der Waals surface area contributed by atoms with E-state index in [4.69, 9.17) is 4.74 Å². The summed E-state index contributed by atoms with van der Waals surface area (Å²) >= 11 is 0. The van der Waals surface area contributed by atoms with Crippen LogP contribution in [0.1, 0.15) is 43.9 Å². The summed E-state index contributed by atoms with van der Waals surface area (Å²) in [5.41, 5.74) is 2.46. The van der Waals surface area contributed by atoms with E-state index in [1.807, 2.05) is 19.9 Å². The zero-order valence-corrected chi connectivity index (χ0v) is 15.8. The second-order valence-corrected chi connectivity index (χ2v) is 7.82. The highest BCUT2D eigenvalue weighted by atomic mass is 19.1. The Bertz CT molecular complexity index is 958.